The van der Waals surface area contributed by atoms with Gasteiger partial charge in [0.15, 0.2) is 0 Å². The normalized spacial score (nSPS) is 14.6. The molecule has 0 spiro atoms. The summed E-state index contributed by atoms with van der Waals surface area (Å²) < 4.78 is 9.95. The van der Waals surface area contributed by atoms with Crippen LogP contribution in [0.2, 0.25) is 5.02 Å². The van der Waals surface area contributed by atoms with Gasteiger partial charge >= 0.3 is 0 Å². The molecule has 0 saturated carbocycles. The van der Waals surface area contributed by atoms with E-state index in [1.165, 1.54) is 11.3 Å². The van der Waals surface area contributed by atoms with Gasteiger partial charge in [-0.1, -0.05) is 23.7 Å². The first-order valence-corrected chi connectivity index (χ1v) is 13.4. The highest BCUT2D eigenvalue weighted by Crippen LogP contribution is 2.32. The molecule has 0 aliphatic carbocycles. The van der Waals surface area contributed by atoms with Crippen molar-refractivity contribution in [3.8, 4) is 16.1 Å². The minimum Gasteiger partial charge on any atom is -0.379 e. The van der Waals surface area contributed by atoms with E-state index in [1.54, 1.807) is 10.9 Å². The molecule has 5 aromatic rings. The number of imidazole rings is 1. The number of benzene rings is 2. The van der Waals surface area contributed by atoms with Gasteiger partial charge in [0.2, 0.25) is 5.95 Å². The van der Waals surface area contributed by atoms with E-state index in [0.29, 0.717) is 15.2 Å². The van der Waals surface area contributed by atoms with Crippen LogP contribution in [0, 0.1) is 0 Å². The summed E-state index contributed by atoms with van der Waals surface area (Å²) in [5.74, 6) is 0.896. The summed E-state index contributed by atoms with van der Waals surface area (Å²) in [6.45, 7) is 5.25. The SMILES string of the molecule is CN(C)c1nc2cc(-n3cnc4cc(-c5ccc(Cl)cc5)sc4c3=O)ccc2n1CCN1CCOCC1. The van der Waals surface area contributed by atoms with Crippen LogP contribution in [-0.2, 0) is 11.3 Å². The molecular weight excluding hydrogens is 508 g/mol. The fraction of sp³-hybridized carbons (Fsp3) is 0.296. The van der Waals surface area contributed by atoms with Gasteiger partial charge in [-0.25, -0.2) is 9.97 Å². The predicted octanol–water partition coefficient (Wildman–Crippen LogP) is 4.52. The van der Waals surface area contributed by atoms with E-state index in [4.69, 9.17) is 21.3 Å². The van der Waals surface area contributed by atoms with Crippen LogP contribution in [0.3, 0.4) is 0 Å². The second-order valence-electron chi connectivity index (χ2n) is 9.34. The molecule has 0 radical (unpaired) electrons. The number of thiophene rings is 1. The Hall–Kier alpha value is -3.24. The van der Waals surface area contributed by atoms with Crippen molar-refractivity contribution < 1.29 is 4.74 Å². The molecule has 0 atom stereocenters. The molecule has 0 amide bonds. The van der Waals surface area contributed by atoms with Gasteiger partial charge in [-0.15, -0.1) is 11.3 Å². The number of hydrogen-bond donors (Lipinski definition) is 0. The molecular formula is C27H27ClN6O2S. The first-order valence-electron chi connectivity index (χ1n) is 12.2. The third kappa shape index (κ3) is 4.64. The highest BCUT2D eigenvalue weighted by atomic mass is 35.5. The van der Waals surface area contributed by atoms with E-state index in [2.05, 4.69) is 14.5 Å². The van der Waals surface area contributed by atoms with Gasteiger partial charge in [0.1, 0.15) is 11.0 Å². The van der Waals surface area contributed by atoms with Crippen molar-refractivity contribution in [3.63, 3.8) is 0 Å². The molecule has 1 aliphatic heterocycles. The summed E-state index contributed by atoms with van der Waals surface area (Å²) in [5, 5.41) is 0.682. The molecule has 6 rings (SSSR count). The zero-order valence-corrected chi connectivity index (χ0v) is 22.3. The van der Waals surface area contributed by atoms with Crippen molar-refractivity contribution >= 4 is 50.1 Å². The minimum atomic E-state index is -0.0888. The Labute approximate surface area is 223 Å². The van der Waals surface area contributed by atoms with Crippen molar-refractivity contribution in [1.29, 1.82) is 0 Å². The van der Waals surface area contributed by atoms with E-state index in [0.717, 1.165) is 72.5 Å². The number of hydrogen-bond acceptors (Lipinski definition) is 7. The highest BCUT2D eigenvalue weighted by Gasteiger charge is 2.17. The molecule has 1 aliphatic rings. The third-order valence-electron chi connectivity index (χ3n) is 6.70. The van der Waals surface area contributed by atoms with E-state index < -0.39 is 0 Å². The minimum absolute atomic E-state index is 0.0888. The lowest BCUT2D eigenvalue weighted by Gasteiger charge is -2.27. The monoisotopic (exact) mass is 534 g/mol. The standard InChI is InChI=1S/C27H27ClN6O2S/c1-31(2)27-30-21-15-20(7-8-23(21)33(27)10-9-32-11-13-36-14-12-32)34-17-29-22-16-24(37-25(22)26(34)35)18-3-5-19(28)6-4-18/h3-8,15-17H,9-14H2,1-2H3. The average molecular weight is 535 g/mol. The third-order valence-corrected chi connectivity index (χ3v) is 8.11. The molecule has 0 N–H and O–H groups in total. The van der Waals surface area contributed by atoms with Crippen molar-refractivity contribution in [2.45, 2.75) is 6.54 Å². The largest absolute Gasteiger partial charge is 0.379 e. The number of ether oxygens (including phenoxy) is 1. The molecule has 37 heavy (non-hydrogen) atoms. The van der Waals surface area contributed by atoms with Gasteiger partial charge in [0, 0.05) is 50.2 Å². The van der Waals surface area contributed by atoms with Crippen LogP contribution >= 0.6 is 22.9 Å². The number of anilines is 1. The van der Waals surface area contributed by atoms with E-state index >= 15 is 0 Å². The van der Waals surface area contributed by atoms with Crippen molar-refractivity contribution in [2.75, 3.05) is 51.8 Å². The molecule has 4 heterocycles. The van der Waals surface area contributed by atoms with Gasteiger partial charge in [-0.05, 0) is 42.0 Å². The topological polar surface area (TPSA) is 68.4 Å². The summed E-state index contributed by atoms with van der Waals surface area (Å²) in [4.78, 5) is 28.4. The molecule has 1 saturated heterocycles. The van der Waals surface area contributed by atoms with Crippen LogP contribution < -0.4 is 10.5 Å². The Morgan fingerprint density at radius 1 is 1.03 bits per heavy atom. The number of aromatic nitrogens is 4. The summed E-state index contributed by atoms with van der Waals surface area (Å²) in [5.41, 5.74) is 4.26. The molecule has 2 aromatic carbocycles. The summed E-state index contributed by atoms with van der Waals surface area (Å²) >= 11 is 7.48. The fourth-order valence-corrected chi connectivity index (χ4v) is 5.91. The van der Waals surface area contributed by atoms with Crippen LogP contribution in [0.4, 0.5) is 5.95 Å². The number of fused-ring (bicyclic) bond motifs is 2. The van der Waals surface area contributed by atoms with Gasteiger partial charge < -0.3 is 14.2 Å². The van der Waals surface area contributed by atoms with Gasteiger partial charge in [-0.3, -0.25) is 14.3 Å². The van der Waals surface area contributed by atoms with Crippen molar-refractivity contribution in [2.24, 2.45) is 0 Å². The quantitative estimate of drug-likeness (QED) is 0.319. The van der Waals surface area contributed by atoms with Crippen LogP contribution in [0.25, 0.3) is 37.4 Å². The molecule has 3 aromatic heterocycles. The van der Waals surface area contributed by atoms with Gasteiger partial charge in [0.05, 0.1) is 35.5 Å². The molecule has 0 bridgehead atoms. The lowest BCUT2D eigenvalue weighted by Crippen LogP contribution is -2.38. The highest BCUT2D eigenvalue weighted by molar-refractivity contribution is 7.22. The lowest BCUT2D eigenvalue weighted by atomic mass is 10.2. The second kappa shape index (κ2) is 9.90. The average Bonchev–Trinajstić information content (AvgIpc) is 3.51. The number of morpholine rings is 1. The van der Waals surface area contributed by atoms with E-state index in [-0.39, 0.29) is 5.56 Å². The van der Waals surface area contributed by atoms with Gasteiger partial charge in [0.25, 0.3) is 5.56 Å². The maximum absolute atomic E-state index is 13.5. The lowest BCUT2D eigenvalue weighted by molar-refractivity contribution is 0.0365. The molecule has 1 fully saturated rings. The Bertz CT molecular complexity index is 1630. The molecule has 190 valence electrons. The predicted molar refractivity (Wildman–Crippen MR) is 151 cm³/mol. The first-order chi connectivity index (χ1) is 18.0. The summed E-state index contributed by atoms with van der Waals surface area (Å²) in [6.07, 6.45) is 1.60. The Kier molecular flexibility index (Phi) is 6.46. The zero-order valence-electron chi connectivity index (χ0n) is 20.7. The number of rotatable bonds is 6. The molecule has 8 nitrogen and oxygen atoms in total. The number of nitrogens with zero attached hydrogens (tertiary/aromatic N) is 6. The summed E-state index contributed by atoms with van der Waals surface area (Å²) in [6, 6.07) is 15.6. The summed E-state index contributed by atoms with van der Waals surface area (Å²) in [7, 11) is 4.01. The van der Waals surface area contributed by atoms with Crippen LogP contribution in [0.5, 0.6) is 0 Å². The smallest absolute Gasteiger partial charge is 0.275 e. The van der Waals surface area contributed by atoms with Crippen molar-refractivity contribution in [1.82, 2.24) is 24.0 Å². The van der Waals surface area contributed by atoms with E-state index in [1.807, 2.05) is 67.5 Å². The van der Waals surface area contributed by atoms with E-state index in [9.17, 15) is 4.79 Å². The van der Waals surface area contributed by atoms with Crippen molar-refractivity contribution in [3.05, 3.63) is 70.2 Å². The second-order valence-corrected chi connectivity index (χ2v) is 10.8. The Morgan fingerprint density at radius 2 is 1.81 bits per heavy atom. The Balaban J connectivity index is 1.35. The van der Waals surface area contributed by atoms with Gasteiger partial charge in [-0.2, -0.15) is 0 Å². The van der Waals surface area contributed by atoms with Crippen LogP contribution in [0.15, 0.2) is 59.7 Å². The maximum atomic E-state index is 13.5. The molecule has 0 unspecified atom stereocenters. The maximum Gasteiger partial charge on any atom is 0.275 e. The first kappa shape index (κ1) is 24.1. The fourth-order valence-electron chi connectivity index (χ4n) is 4.74. The number of halogens is 1. The molecule has 10 heteroatoms. The Morgan fingerprint density at radius 3 is 2.57 bits per heavy atom. The van der Waals surface area contributed by atoms with Crippen LogP contribution in [-0.4, -0.2) is 70.9 Å². The van der Waals surface area contributed by atoms with Crippen LogP contribution in [0.1, 0.15) is 0 Å². The zero-order chi connectivity index (χ0) is 25.5.